The minimum Gasteiger partial charge on any atom is -0.393 e. The lowest BCUT2D eigenvalue weighted by molar-refractivity contribution is -0.131. The maximum atomic E-state index is 12.0. The lowest BCUT2D eigenvalue weighted by Crippen LogP contribution is -2.39. The fraction of sp³-hybridized carbons (Fsp3) is 0.562. The normalized spacial score (nSPS) is 21.8. The van der Waals surface area contributed by atoms with Gasteiger partial charge in [0.05, 0.1) is 6.10 Å². The molecule has 0 aromatic heterocycles. The highest BCUT2D eigenvalue weighted by Gasteiger charge is 2.28. The maximum absolute atomic E-state index is 12.0. The first-order valence-corrected chi connectivity index (χ1v) is 7.02. The predicted octanol–water partition coefficient (Wildman–Crippen LogP) is 2.16. The van der Waals surface area contributed by atoms with Gasteiger partial charge in [0.2, 0.25) is 5.91 Å². The quantitative estimate of drug-likeness (QED) is 0.882. The van der Waals surface area contributed by atoms with E-state index in [4.69, 9.17) is 0 Å². The third kappa shape index (κ3) is 4.06. The summed E-state index contributed by atoms with van der Waals surface area (Å²) >= 11 is 0. The first kappa shape index (κ1) is 14.1. The summed E-state index contributed by atoms with van der Waals surface area (Å²) in [6.07, 6.45) is 2.91. The predicted molar refractivity (Wildman–Crippen MR) is 75.9 cm³/mol. The monoisotopic (exact) mass is 261 g/mol. The van der Waals surface area contributed by atoms with Gasteiger partial charge in [0.15, 0.2) is 0 Å². The van der Waals surface area contributed by atoms with E-state index >= 15 is 0 Å². The van der Waals surface area contributed by atoms with E-state index in [1.165, 1.54) is 11.1 Å². The molecule has 0 bridgehead atoms. The van der Waals surface area contributed by atoms with Gasteiger partial charge < -0.3 is 10.0 Å². The zero-order valence-corrected chi connectivity index (χ0v) is 11.8. The van der Waals surface area contributed by atoms with E-state index < -0.39 is 0 Å². The molecule has 1 fully saturated rings. The second-order valence-corrected chi connectivity index (χ2v) is 5.75. The average molecular weight is 261 g/mol. The lowest BCUT2D eigenvalue weighted by Gasteiger charge is -2.34. The SMILES string of the molecule is Cc1ccc(CCC(=O)N(C)CC2CC(O)C2)cc1. The Kier molecular flexibility index (Phi) is 4.59. The number of nitrogens with zero attached hydrogens (tertiary/aromatic N) is 1. The summed E-state index contributed by atoms with van der Waals surface area (Å²) in [4.78, 5) is 13.8. The number of amides is 1. The molecule has 0 atom stereocenters. The summed E-state index contributed by atoms with van der Waals surface area (Å²) in [7, 11) is 1.86. The second kappa shape index (κ2) is 6.20. The molecule has 0 unspecified atom stereocenters. The number of benzene rings is 1. The van der Waals surface area contributed by atoms with Gasteiger partial charge in [-0.15, -0.1) is 0 Å². The van der Waals surface area contributed by atoms with Crippen LogP contribution >= 0.6 is 0 Å². The fourth-order valence-electron chi connectivity index (χ4n) is 2.54. The molecule has 1 aliphatic carbocycles. The molecule has 0 radical (unpaired) electrons. The molecule has 3 heteroatoms. The second-order valence-electron chi connectivity index (χ2n) is 5.75. The van der Waals surface area contributed by atoms with Crippen molar-refractivity contribution in [2.75, 3.05) is 13.6 Å². The standard InChI is InChI=1S/C16H23NO2/c1-12-3-5-13(6-4-12)7-8-16(19)17(2)11-14-9-15(18)10-14/h3-6,14-15,18H,7-11H2,1-2H3. The van der Waals surface area contributed by atoms with Crippen molar-refractivity contribution in [3.63, 3.8) is 0 Å². The zero-order chi connectivity index (χ0) is 13.8. The molecular weight excluding hydrogens is 238 g/mol. The van der Waals surface area contributed by atoms with E-state index in [1.54, 1.807) is 0 Å². The Morgan fingerprint density at radius 3 is 2.53 bits per heavy atom. The van der Waals surface area contributed by atoms with Crippen LogP contribution in [0.2, 0.25) is 0 Å². The molecule has 0 saturated heterocycles. The highest BCUT2D eigenvalue weighted by atomic mass is 16.3. The molecule has 1 N–H and O–H groups in total. The Bertz CT molecular complexity index is 421. The first-order chi connectivity index (χ1) is 9.04. The van der Waals surface area contributed by atoms with Crippen molar-refractivity contribution in [1.29, 1.82) is 0 Å². The Balaban J connectivity index is 1.72. The fourth-order valence-corrected chi connectivity index (χ4v) is 2.54. The Morgan fingerprint density at radius 2 is 1.95 bits per heavy atom. The van der Waals surface area contributed by atoms with E-state index in [0.29, 0.717) is 12.3 Å². The molecule has 0 aliphatic heterocycles. The summed E-state index contributed by atoms with van der Waals surface area (Å²) in [5.41, 5.74) is 2.46. The number of aryl methyl sites for hydroxylation is 2. The van der Waals surface area contributed by atoms with E-state index in [-0.39, 0.29) is 12.0 Å². The van der Waals surface area contributed by atoms with Gasteiger partial charge in [-0.25, -0.2) is 0 Å². The molecule has 19 heavy (non-hydrogen) atoms. The third-order valence-corrected chi connectivity index (χ3v) is 3.92. The molecule has 104 valence electrons. The van der Waals surface area contributed by atoms with Gasteiger partial charge in [-0.2, -0.15) is 0 Å². The summed E-state index contributed by atoms with van der Waals surface area (Å²) in [5.74, 6) is 0.685. The van der Waals surface area contributed by atoms with Crippen LogP contribution in [0.4, 0.5) is 0 Å². The van der Waals surface area contributed by atoms with Gasteiger partial charge in [-0.3, -0.25) is 4.79 Å². The van der Waals surface area contributed by atoms with Crippen LogP contribution in [0.3, 0.4) is 0 Å². The van der Waals surface area contributed by atoms with E-state index in [9.17, 15) is 9.90 Å². The van der Waals surface area contributed by atoms with Crippen LogP contribution < -0.4 is 0 Å². The Morgan fingerprint density at radius 1 is 1.32 bits per heavy atom. The highest BCUT2D eigenvalue weighted by Crippen LogP contribution is 2.27. The van der Waals surface area contributed by atoms with Gasteiger partial charge in [0.25, 0.3) is 0 Å². The average Bonchev–Trinajstić information content (AvgIpc) is 2.35. The molecule has 0 heterocycles. The summed E-state index contributed by atoms with van der Waals surface area (Å²) < 4.78 is 0. The van der Waals surface area contributed by atoms with Gasteiger partial charge in [-0.05, 0) is 37.7 Å². The van der Waals surface area contributed by atoms with Crippen LogP contribution in [0, 0.1) is 12.8 Å². The molecule has 2 rings (SSSR count). The summed E-state index contributed by atoms with van der Waals surface area (Å²) in [6.45, 7) is 2.85. The van der Waals surface area contributed by atoms with Crippen LogP contribution in [-0.4, -0.2) is 35.6 Å². The summed E-state index contributed by atoms with van der Waals surface area (Å²) in [5, 5.41) is 9.24. The van der Waals surface area contributed by atoms with E-state index in [2.05, 4.69) is 31.2 Å². The van der Waals surface area contributed by atoms with Gasteiger partial charge >= 0.3 is 0 Å². The molecule has 1 amide bonds. The van der Waals surface area contributed by atoms with Crippen molar-refractivity contribution in [2.24, 2.45) is 5.92 Å². The Hall–Kier alpha value is -1.35. The molecule has 3 nitrogen and oxygen atoms in total. The van der Waals surface area contributed by atoms with Crippen LogP contribution in [0.25, 0.3) is 0 Å². The topological polar surface area (TPSA) is 40.5 Å². The number of hydrogen-bond acceptors (Lipinski definition) is 2. The van der Waals surface area contributed by atoms with Crippen molar-refractivity contribution in [2.45, 2.75) is 38.7 Å². The van der Waals surface area contributed by atoms with Gasteiger partial charge in [-0.1, -0.05) is 29.8 Å². The molecular formula is C16H23NO2. The lowest BCUT2D eigenvalue weighted by atomic mass is 9.82. The minimum absolute atomic E-state index is 0.138. The van der Waals surface area contributed by atoms with Crippen molar-refractivity contribution >= 4 is 5.91 Å². The van der Waals surface area contributed by atoms with Gasteiger partial charge in [0, 0.05) is 20.0 Å². The number of hydrogen-bond donors (Lipinski definition) is 1. The minimum atomic E-state index is -0.138. The molecule has 1 aromatic rings. The van der Waals surface area contributed by atoms with Crippen molar-refractivity contribution in [3.05, 3.63) is 35.4 Å². The van der Waals surface area contributed by atoms with Crippen molar-refractivity contribution < 1.29 is 9.90 Å². The van der Waals surface area contributed by atoms with Crippen LogP contribution in [0.15, 0.2) is 24.3 Å². The van der Waals surface area contributed by atoms with Crippen LogP contribution in [0.5, 0.6) is 0 Å². The molecule has 1 saturated carbocycles. The number of aliphatic hydroxyl groups excluding tert-OH is 1. The molecule has 0 spiro atoms. The molecule has 1 aromatic carbocycles. The molecule has 1 aliphatic rings. The largest absolute Gasteiger partial charge is 0.393 e. The third-order valence-electron chi connectivity index (χ3n) is 3.92. The van der Waals surface area contributed by atoms with Crippen molar-refractivity contribution in [1.82, 2.24) is 4.90 Å². The number of aliphatic hydroxyl groups is 1. The number of rotatable bonds is 5. The zero-order valence-electron chi connectivity index (χ0n) is 11.8. The first-order valence-electron chi connectivity index (χ1n) is 7.02. The van der Waals surface area contributed by atoms with Crippen LogP contribution in [0.1, 0.15) is 30.4 Å². The number of carbonyl (C=O) groups is 1. The van der Waals surface area contributed by atoms with Crippen LogP contribution in [-0.2, 0) is 11.2 Å². The smallest absolute Gasteiger partial charge is 0.222 e. The Labute approximate surface area is 115 Å². The maximum Gasteiger partial charge on any atom is 0.222 e. The van der Waals surface area contributed by atoms with Crippen molar-refractivity contribution in [3.8, 4) is 0 Å². The summed E-state index contributed by atoms with van der Waals surface area (Å²) in [6, 6.07) is 8.34. The highest BCUT2D eigenvalue weighted by molar-refractivity contribution is 5.76. The van der Waals surface area contributed by atoms with E-state index in [1.807, 2.05) is 11.9 Å². The van der Waals surface area contributed by atoms with E-state index in [0.717, 1.165) is 25.8 Å². The number of carbonyl (C=O) groups excluding carboxylic acids is 1. The van der Waals surface area contributed by atoms with Gasteiger partial charge in [0.1, 0.15) is 0 Å².